The number of hydrogen-bond donors (Lipinski definition) is 3. The van der Waals surface area contributed by atoms with Gasteiger partial charge in [0.2, 0.25) is 0 Å². The van der Waals surface area contributed by atoms with Gasteiger partial charge in [-0.2, -0.15) is 5.10 Å². The summed E-state index contributed by atoms with van der Waals surface area (Å²) in [5.41, 5.74) is 7.10. The molecule has 0 atom stereocenters. The molecular formula is C23H21N3O4. The summed E-state index contributed by atoms with van der Waals surface area (Å²) in [6.07, 6.45) is 1.44. The largest absolute Gasteiger partial charge is 0.484 e. The van der Waals surface area contributed by atoms with Crippen LogP contribution in [0.15, 0.2) is 90.0 Å². The summed E-state index contributed by atoms with van der Waals surface area (Å²) < 4.78 is 5.19. The highest BCUT2D eigenvalue weighted by Crippen LogP contribution is 2.29. The number of aliphatic hydroxyl groups is 1. The van der Waals surface area contributed by atoms with E-state index in [2.05, 4.69) is 10.5 Å². The van der Waals surface area contributed by atoms with Crippen molar-refractivity contribution in [2.75, 3.05) is 6.61 Å². The van der Waals surface area contributed by atoms with Crippen molar-refractivity contribution in [2.24, 2.45) is 10.8 Å². The molecule has 0 aromatic heterocycles. The fourth-order valence-corrected chi connectivity index (χ4v) is 2.84. The Hall–Kier alpha value is -3.97. The van der Waals surface area contributed by atoms with Crippen molar-refractivity contribution in [3.8, 4) is 5.75 Å². The van der Waals surface area contributed by atoms with Crippen LogP contribution in [-0.2, 0) is 15.2 Å². The molecule has 3 aromatic rings. The van der Waals surface area contributed by atoms with E-state index < -0.39 is 17.4 Å². The lowest BCUT2D eigenvalue weighted by Crippen LogP contribution is -2.43. The molecule has 0 heterocycles. The molecule has 0 aliphatic rings. The van der Waals surface area contributed by atoms with E-state index in [0.29, 0.717) is 22.4 Å². The Kier molecular flexibility index (Phi) is 6.56. The van der Waals surface area contributed by atoms with E-state index in [1.807, 2.05) is 12.1 Å². The van der Waals surface area contributed by atoms with Gasteiger partial charge in [0.15, 0.2) is 12.2 Å². The van der Waals surface area contributed by atoms with Gasteiger partial charge in [-0.1, -0.05) is 60.7 Å². The molecule has 4 N–H and O–H groups in total. The van der Waals surface area contributed by atoms with Gasteiger partial charge in [-0.3, -0.25) is 9.59 Å². The van der Waals surface area contributed by atoms with E-state index in [1.54, 1.807) is 72.8 Å². The second-order valence-corrected chi connectivity index (χ2v) is 6.47. The van der Waals surface area contributed by atoms with Gasteiger partial charge in [0.1, 0.15) is 5.75 Å². The minimum atomic E-state index is -1.90. The van der Waals surface area contributed by atoms with Crippen LogP contribution in [0.2, 0.25) is 0 Å². The van der Waals surface area contributed by atoms with Gasteiger partial charge in [0.25, 0.3) is 11.8 Å². The maximum absolute atomic E-state index is 12.9. The molecule has 7 nitrogen and oxygen atoms in total. The number of carbonyl (C=O) groups excluding carboxylic acids is 2. The number of amides is 2. The van der Waals surface area contributed by atoms with Crippen LogP contribution in [-0.4, -0.2) is 29.7 Å². The van der Waals surface area contributed by atoms with Crippen molar-refractivity contribution < 1.29 is 19.4 Å². The lowest BCUT2D eigenvalue weighted by Gasteiger charge is -2.27. The smallest absolute Gasteiger partial charge is 0.281 e. The van der Waals surface area contributed by atoms with Crippen LogP contribution < -0.4 is 15.9 Å². The van der Waals surface area contributed by atoms with Crippen LogP contribution in [0.25, 0.3) is 0 Å². The van der Waals surface area contributed by atoms with Crippen LogP contribution in [0.3, 0.4) is 0 Å². The van der Waals surface area contributed by atoms with E-state index in [4.69, 9.17) is 10.5 Å². The number of carbonyl (C=O) groups is 2. The summed E-state index contributed by atoms with van der Waals surface area (Å²) in [6.45, 7) is -0.207. The van der Waals surface area contributed by atoms with Crippen LogP contribution >= 0.6 is 0 Å². The predicted octanol–water partition coefficient (Wildman–Crippen LogP) is 1.94. The first kappa shape index (κ1) is 20.8. The number of hydrogen-bond acceptors (Lipinski definition) is 5. The summed E-state index contributed by atoms with van der Waals surface area (Å²) in [5, 5.41) is 15.3. The molecule has 0 aliphatic carbocycles. The van der Waals surface area contributed by atoms with Gasteiger partial charge in [-0.05, 0) is 41.0 Å². The highest BCUT2D eigenvalue weighted by atomic mass is 16.5. The van der Waals surface area contributed by atoms with Gasteiger partial charge in [-0.25, -0.2) is 5.43 Å². The summed E-state index contributed by atoms with van der Waals surface area (Å²) >= 11 is 0. The Morgan fingerprint density at radius 2 is 1.47 bits per heavy atom. The zero-order valence-electron chi connectivity index (χ0n) is 16.1. The fourth-order valence-electron chi connectivity index (χ4n) is 2.84. The first-order valence-corrected chi connectivity index (χ1v) is 9.18. The summed E-state index contributed by atoms with van der Waals surface area (Å²) in [4.78, 5) is 23.7. The third-order valence-electron chi connectivity index (χ3n) is 4.35. The third kappa shape index (κ3) is 4.89. The maximum atomic E-state index is 12.9. The number of hydrazone groups is 1. The van der Waals surface area contributed by atoms with Crippen LogP contribution in [0, 0.1) is 0 Å². The minimum absolute atomic E-state index is 0.207. The Balaban J connectivity index is 1.74. The zero-order valence-corrected chi connectivity index (χ0v) is 16.1. The molecule has 0 saturated heterocycles. The first-order valence-electron chi connectivity index (χ1n) is 9.18. The Bertz CT molecular complexity index is 980. The van der Waals surface area contributed by atoms with Crippen LogP contribution in [0.1, 0.15) is 16.7 Å². The number of nitrogens with one attached hydrogen (secondary N) is 1. The lowest BCUT2D eigenvalue weighted by molar-refractivity contribution is -0.136. The monoisotopic (exact) mass is 403 g/mol. The molecule has 0 aliphatic heterocycles. The number of primary amides is 1. The molecular weight excluding hydrogens is 382 g/mol. The Labute approximate surface area is 173 Å². The quantitative estimate of drug-likeness (QED) is 0.394. The number of nitrogens with two attached hydrogens (primary N) is 1. The van der Waals surface area contributed by atoms with Crippen molar-refractivity contribution in [3.05, 3.63) is 102 Å². The molecule has 0 unspecified atom stereocenters. The van der Waals surface area contributed by atoms with Crippen LogP contribution in [0.5, 0.6) is 5.75 Å². The molecule has 2 amide bonds. The predicted molar refractivity (Wildman–Crippen MR) is 113 cm³/mol. The van der Waals surface area contributed by atoms with Crippen molar-refractivity contribution in [1.82, 2.24) is 5.43 Å². The zero-order chi connectivity index (χ0) is 21.4. The van der Waals surface area contributed by atoms with E-state index in [1.165, 1.54) is 6.21 Å². The van der Waals surface area contributed by atoms with Crippen LogP contribution in [0.4, 0.5) is 0 Å². The summed E-state index contributed by atoms with van der Waals surface area (Å²) in [6, 6.07) is 24.0. The topological polar surface area (TPSA) is 114 Å². The highest BCUT2D eigenvalue weighted by Gasteiger charge is 2.39. The molecule has 0 spiro atoms. The minimum Gasteiger partial charge on any atom is -0.484 e. The van der Waals surface area contributed by atoms with E-state index in [9.17, 15) is 14.7 Å². The number of benzene rings is 3. The second-order valence-electron chi connectivity index (χ2n) is 6.47. The van der Waals surface area contributed by atoms with E-state index in [-0.39, 0.29) is 6.61 Å². The lowest BCUT2D eigenvalue weighted by atomic mass is 9.85. The molecule has 152 valence electrons. The van der Waals surface area contributed by atoms with Crippen molar-refractivity contribution in [3.63, 3.8) is 0 Å². The SMILES string of the molecule is NC(=O)COc1ccc(/C=N/NC(=O)C(O)(c2ccccc2)c2ccccc2)cc1. The van der Waals surface area contributed by atoms with E-state index in [0.717, 1.165) is 0 Å². The van der Waals surface area contributed by atoms with Gasteiger partial charge >= 0.3 is 0 Å². The normalized spacial score (nSPS) is 11.2. The highest BCUT2D eigenvalue weighted by molar-refractivity contribution is 5.91. The molecule has 0 bridgehead atoms. The first-order chi connectivity index (χ1) is 14.5. The van der Waals surface area contributed by atoms with Gasteiger partial charge in [-0.15, -0.1) is 0 Å². The maximum Gasteiger partial charge on any atom is 0.281 e. The van der Waals surface area contributed by atoms with E-state index >= 15 is 0 Å². The van der Waals surface area contributed by atoms with Gasteiger partial charge in [0.05, 0.1) is 6.21 Å². The Morgan fingerprint density at radius 1 is 0.933 bits per heavy atom. The number of nitrogens with zero attached hydrogens (tertiary/aromatic N) is 1. The molecule has 7 heteroatoms. The molecule has 3 aromatic carbocycles. The third-order valence-corrected chi connectivity index (χ3v) is 4.35. The fraction of sp³-hybridized carbons (Fsp3) is 0.0870. The number of rotatable bonds is 8. The Morgan fingerprint density at radius 3 is 1.97 bits per heavy atom. The molecule has 30 heavy (non-hydrogen) atoms. The van der Waals surface area contributed by atoms with Gasteiger partial charge in [0, 0.05) is 0 Å². The standard InChI is InChI=1S/C23H21N3O4/c24-21(27)16-30-20-13-11-17(12-14-20)15-25-26-22(28)23(29,18-7-3-1-4-8-18)19-9-5-2-6-10-19/h1-15,29H,16H2,(H2,24,27)(H,26,28)/b25-15+. The van der Waals surface area contributed by atoms with Crippen molar-refractivity contribution in [1.29, 1.82) is 0 Å². The molecule has 0 saturated carbocycles. The van der Waals surface area contributed by atoms with Gasteiger partial charge < -0.3 is 15.6 Å². The summed E-state index contributed by atoms with van der Waals surface area (Å²) in [7, 11) is 0. The summed E-state index contributed by atoms with van der Waals surface area (Å²) in [5.74, 6) is -0.761. The number of ether oxygens (including phenoxy) is 1. The molecule has 0 fully saturated rings. The van der Waals surface area contributed by atoms with Crippen molar-refractivity contribution in [2.45, 2.75) is 5.60 Å². The molecule has 3 rings (SSSR count). The average Bonchev–Trinajstić information content (AvgIpc) is 2.79. The average molecular weight is 403 g/mol. The second kappa shape index (κ2) is 9.49. The molecule has 0 radical (unpaired) electrons. The van der Waals surface area contributed by atoms with Crippen molar-refractivity contribution >= 4 is 18.0 Å².